The van der Waals surface area contributed by atoms with Crippen molar-refractivity contribution in [2.24, 2.45) is 126 Å². The molecule has 2 heterocycles. The van der Waals surface area contributed by atoms with E-state index in [0.717, 1.165) is 135 Å². The Morgan fingerprint density at radius 3 is 1.16 bits per heavy atom. The summed E-state index contributed by atoms with van der Waals surface area (Å²) in [5, 5.41) is 0. The zero-order chi connectivity index (χ0) is 70.1. The van der Waals surface area contributed by atoms with Crippen LogP contribution in [0.1, 0.15) is 287 Å². The van der Waals surface area contributed by atoms with Crippen LogP contribution in [-0.2, 0) is 28.7 Å². The van der Waals surface area contributed by atoms with Crippen molar-refractivity contribution < 1.29 is 33.6 Å². The minimum atomic E-state index is -0.138. The molecule has 2 aromatic heterocycles. The third-order valence-electron chi connectivity index (χ3n) is 34.1. The van der Waals surface area contributed by atoms with E-state index >= 15 is 0 Å². The highest BCUT2D eigenvalue weighted by atomic mass is 16.5. The van der Waals surface area contributed by atoms with Crippen molar-refractivity contribution in [3.05, 3.63) is 119 Å². The molecule has 16 aliphatic carbocycles. The Kier molecular flexibility index (Phi) is 18.8. The summed E-state index contributed by atoms with van der Waals surface area (Å²) < 4.78 is 11.2. The average Bonchev–Trinajstić information content (AvgIpc) is 1.38. The molecule has 18 rings (SSSR count). The highest BCUT2D eigenvalue weighted by Gasteiger charge is 2.63. The Balaban J connectivity index is 0.000000110. The number of pyridine rings is 2. The molecule has 540 valence electrons. The Hall–Kier alpha value is -4.98. The quantitative estimate of drug-likeness (QED) is 0.221. The van der Waals surface area contributed by atoms with E-state index in [0.29, 0.717) is 45.1 Å². The number of esters is 2. The van der Waals surface area contributed by atoms with E-state index in [1.54, 1.807) is 27.9 Å². The number of ketones is 2. The summed E-state index contributed by atoms with van der Waals surface area (Å²) in [5.74, 6) is 11.8. The molecular formula is C92H127N2O6+. The molecule has 0 aromatic carbocycles. The molecule has 2 aromatic rings. The van der Waals surface area contributed by atoms with Gasteiger partial charge in [-0.3, -0.25) is 24.2 Å². The lowest BCUT2D eigenvalue weighted by Gasteiger charge is -2.57. The van der Waals surface area contributed by atoms with E-state index in [1.807, 2.05) is 18.6 Å². The SMILES string of the molecule is CC(=O)O[C@H]1CC[C@@]2(C)C(=CCC3C2CC[C@]2(C)C(c4ccc[nH+]c4)=CCC32)C1.CC(=O)O[C@H]1CC[C@@]2(C)C(=CCC3C2CC[C@]2(C)C(c4cccnc4)=CCC32)C1.C[C@H]1CC[C@@]2(C)C(=CCC3C2CC[C@]2(C)C(=O)CCC32)C1.C[C@H]1CC[C@@]2(C)C(=CCC3C2CC[C@]2(C)C(=O)CCC32)C1. The Labute approximate surface area is 603 Å². The molecule has 0 saturated heterocycles. The van der Waals surface area contributed by atoms with Gasteiger partial charge < -0.3 is 9.47 Å². The molecule has 8 nitrogen and oxygen atoms in total. The number of hydrogen-bond donors (Lipinski definition) is 0. The summed E-state index contributed by atoms with van der Waals surface area (Å²) >= 11 is 0. The number of fused-ring (bicyclic) bond motifs is 20. The molecule has 10 saturated carbocycles. The third-order valence-corrected chi connectivity index (χ3v) is 34.1. The Morgan fingerprint density at radius 1 is 0.410 bits per heavy atom. The molecule has 0 spiro atoms. The van der Waals surface area contributed by atoms with E-state index in [4.69, 9.17) is 9.47 Å². The van der Waals surface area contributed by atoms with Crippen LogP contribution in [0.3, 0.4) is 0 Å². The molecule has 0 bridgehead atoms. The van der Waals surface area contributed by atoms with Gasteiger partial charge in [0.2, 0.25) is 0 Å². The minimum absolute atomic E-state index is 0.0326. The van der Waals surface area contributed by atoms with Gasteiger partial charge in [-0.15, -0.1) is 0 Å². The molecule has 0 amide bonds. The number of aromatic amines is 1. The van der Waals surface area contributed by atoms with E-state index in [2.05, 4.69) is 146 Å². The number of carbonyl (C=O) groups is 4. The van der Waals surface area contributed by atoms with Crippen molar-refractivity contribution >= 4 is 34.7 Å². The fourth-order valence-corrected chi connectivity index (χ4v) is 28.3. The number of ether oxygens (including phenoxy) is 2. The first-order valence-corrected chi connectivity index (χ1v) is 41.2. The summed E-state index contributed by atoms with van der Waals surface area (Å²) in [7, 11) is 0. The van der Waals surface area contributed by atoms with Crippen LogP contribution in [0.5, 0.6) is 0 Å². The number of nitrogens with one attached hydrogen (secondary N) is 1. The molecule has 1 N–H and O–H groups in total. The molecule has 12 unspecified atom stereocenters. The average molecular weight is 1360 g/mol. The number of Topliss-reactive ketones (excluding diaryl/α,β-unsaturated/α-hetero) is 2. The van der Waals surface area contributed by atoms with Crippen LogP contribution < -0.4 is 4.98 Å². The Morgan fingerprint density at radius 2 is 0.770 bits per heavy atom. The smallest absolute Gasteiger partial charge is 0.302 e. The maximum Gasteiger partial charge on any atom is 0.302 e. The number of allylic oxidation sites excluding steroid dienone is 10. The lowest BCUT2D eigenvalue weighted by Crippen LogP contribution is -2.50. The van der Waals surface area contributed by atoms with Crippen LogP contribution in [0.25, 0.3) is 11.1 Å². The number of aromatic nitrogens is 2. The first-order valence-electron chi connectivity index (χ1n) is 41.2. The molecule has 0 radical (unpaired) electrons. The molecule has 100 heavy (non-hydrogen) atoms. The predicted octanol–water partition coefficient (Wildman–Crippen LogP) is 21.7. The summed E-state index contributed by atoms with van der Waals surface area (Å²) in [5.41, 5.74) is 14.6. The van der Waals surface area contributed by atoms with Gasteiger partial charge in [-0.2, -0.15) is 0 Å². The van der Waals surface area contributed by atoms with Crippen LogP contribution >= 0.6 is 0 Å². The highest BCUT2D eigenvalue weighted by Crippen LogP contribution is 2.71. The first kappa shape index (κ1) is 70.7. The van der Waals surface area contributed by atoms with E-state index < -0.39 is 0 Å². The minimum Gasteiger partial charge on any atom is -0.462 e. The van der Waals surface area contributed by atoms with Gasteiger partial charge in [-0.05, 0) is 311 Å². The molecular weight excluding hydrogens is 1230 g/mol. The topological polar surface area (TPSA) is 114 Å². The second-order valence-corrected chi connectivity index (χ2v) is 38.7. The summed E-state index contributed by atoms with van der Waals surface area (Å²) in [6.07, 6.45) is 59.6. The maximum absolute atomic E-state index is 12.4. The lowest BCUT2D eigenvalue weighted by molar-refractivity contribution is -0.378. The number of carbonyl (C=O) groups excluding carboxylic acids is 4. The summed E-state index contributed by atoms with van der Waals surface area (Å²) in [4.78, 5) is 55.3. The van der Waals surface area contributed by atoms with E-state index in [9.17, 15) is 19.2 Å². The summed E-state index contributed by atoms with van der Waals surface area (Å²) in [6, 6.07) is 8.68. The zero-order valence-electron chi connectivity index (χ0n) is 63.9. The first-order chi connectivity index (χ1) is 47.7. The standard InChI is InChI=1S/2C26H33NO2.2C20H30O/c2*1-17(28)29-20-10-12-25(2)19(15-20)6-7-21-23-9-8-22(18-5-4-14-27-16-18)26(23,3)13-11-24(21)25;2*1-13-8-10-19(2)14(12-13)4-5-15-16-6-7-18(21)20(16,3)11-9-17(15)19/h2*4-6,8,14,16,20-21,23-24H,7,9-13,15H2,1-3H3;2*4,13,15-17H,5-12H2,1-3H3/p+1/t2*20-,21?,23?,24?,25-,26+;2*13-,15?,16?,17?,19-,20-/m0000/s1. The van der Waals surface area contributed by atoms with Gasteiger partial charge >= 0.3 is 11.9 Å². The van der Waals surface area contributed by atoms with Gasteiger partial charge in [0.25, 0.3) is 0 Å². The maximum atomic E-state index is 12.4. The highest BCUT2D eigenvalue weighted by molar-refractivity contribution is 5.88. The lowest BCUT2D eigenvalue weighted by atomic mass is 9.47. The zero-order valence-corrected chi connectivity index (χ0v) is 63.9. The predicted molar refractivity (Wildman–Crippen MR) is 400 cm³/mol. The normalized spacial score (nSPS) is 45.8. The number of H-pyrrole nitrogens is 1. The summed E-state index contributed by atoms with van der Waals surface area (Å²) in [6.45, 7) is 27.6. The fourth-order valence-electron chi connectivity index (χ4n) is 28.3. The third kappa shape index (κ3) is 11.7. The van der Waals surface area contributed by atoms with Crippen molar-refractivity contribution in [2.75, 3.05) is 0 Å². The van der Waals surface area contributed by atoms with Crippen molar-refractivity contribution in [2.45, 2.75) is 288 Å². The molecule has 8 heteroatoms. The van der Waals surface area contributed by atoms with Crippen LogP contribution in [0.15, 0.2) is 108 Å². The van der Waals surface area contributed by atoms with Crippen molar-refractivity contribution in [3.63, 3.8) is 0 Å². The second kappa shape index (κ2) is 26.6. The van der Waals surface area contributed by atoms with Crippen LogP contribution in [0, 0.1) is 126 Å². The fraction of sp³-hybridized carbons (Fsp3) is 0.717. The van der Waals surface area contributed by atoms with Crippen molar-refractivity contribution in [1.29, 1.82) is 0 Å². The molecule has 16 aliphatic rings. The van der Waals surface area contributed by atoms with Crippen molar-refractivity contribution in [3.8, 4) is 0 Å². The van der Waals surface area contributed by atoms with Gasteiger partial charge in [0, 0.05) is 74.4 Å². The molecule has 0 aliphatic heterocycles. The van der Waals surface area contributed by atoms with Gasteiger partial charge in [-0.25, -0.2) is 4.98 Å². The second-order valence-electron chi connectivity index (χ2n) is 38.7. The van der Waals surface area contributed by atoms with Crippen LogP contribution in [0.2, 0.25) is 0 Å². The van der Waals surface area contributed by atoms with Gasteiger partial charge in [0.05, 0.1) is 0 Å². The monoisotopic (exact) mass is 1360 g/mol. The molecule has 24 atom stereocenters. The van der Waals surface area contributed by atoms with E-state index in [-0.39, 0.29) is 45.8 Å². The van der Waals surface area contributed by atoms with Gasteiger partial charge in [-0.1, -0.05) is 134 Å². The largest absolute Gasteiger partial charge is 0.462 e. The number of nitrogens with zero attached hydrogens (tertiary/aromatic N) is 1. The van der Waals surface area contributed by atoms with Crippen molar-refractivity contribution in [1.82, 2.24) is 4.98 Å². The number of hydrogen-bond acceptors (Lipinski definition) is 7. The number of rotatable bonds is 4. The molecule has 10 fully saturated rings. The van der Waals surface area contributed by atoms with Crippen LogP contribution in [0.4, 0.5) is 0 Å². The van der Waals surface area contributed by atoms with Crippen LogP contribution in [-0.4, -0.2) is 40.7 Å². The Bertz CT molecular complexity index is 3450. The van der Waals surface area contributed by atoms with Gasteiger partial charge in [0.1, 0.15) is 23.8 Å². The van der Waals surface area contributed by atoms with Gasteiger partial charge in [0.15, 0.2) is 12.4 Å². The van der Waals surface area contributed by atoms with E-state index in [1.165, 1.54) is 159 Å².